The van der Waals surface area contributed by atoms with Gasteiger partial charge in [0.05, 0.1) is 6.61 Å². The predicted octanol–water partition coefficient (Wildman–Crippen LogP) is 0.796. The molecule has 1 aliphatic heterocycles. The van der Waals surface area contributed by atoms with Gasteiger partial charge < -0.3 is 15.4 Å². The highest BCUT2D eigenvalue weighted by Gasteiger charge is 2.24. The molecule has 0 aliphatic carbocycles. The molecular formula is C12H17N3O2. The molecule has 2 heterocycles. The average molecular weight is 235 g/mol. The van der Waals surface area contributed by atoms with Crippen LogP contribution in [-0.4, -0.2) is 36.7 Å². The Kier molecular flexibility index (Phi) is 3.58. The van der Waals surface area contributed by atoms with Gasteiger partial charge in [0.1, 0.15) is 11.4 Å². The monoisotopic (exact) mass is 235 g/mol. The number of esters is 1. The number of ether oxygens (including phenoxy) is 1. The third-order valence-electron chi connectivity index (χ3n) is 2.81. The third-order valence-corrected chi connectivity index (χ3v) is 2.81. The van der Waals surface area contributed by atoms with Gasteiger partial charge >= 0.3 is 5.97 Å². The number of nitrogens with zero attached hydrogens (tertiary/aromatic N) is 2. The fraction of sp³-hybridized carbons (Fsp3) is 0.500. The van der Waals surface area contributed by atoms with Crippen LogP contribution in [0.5, 0.6) is 0 Å². The van der Waals surface area contributed by atoms with E-state index in [4.69, 9.17) is 10.5 Å². The van der Waals surface area contributed by atoms with Gasteiger partial charge in [0.15, 0.2) is 0 Å². The summed E-state index contributed by atoms with van der Waals surface area (Å²) in [5.41, 5.74) is 6.38. The molecule has 5 nitrogen and oxygen atoms in total. The number of rotatable bonds is 3. The lowest BCUT2D eigenvalue weighted by atomic mass is 10.2. The summed E-state index contributed by atoms with van der Waals surface area (Å²) in [4.78, 5) is 18.1. The number of aromatic nitrogens is 1. The Labute approximate surface area is 101 Å². The van der Waals surface area contributed by atoms with E-state index in [-0.39, 0.29) is 12.0 Å². The molecule has 1 aromatic rings. The lowest BCUT2D eigenvalue weighted by molar-refractivity contribution is 0.0526. The molecule has 0 aromatic carbocycles. The summed E-state index contributed by atoms with van der Waals surface area (Å²) >= 11 is 0. The smallest absolute Gasteiger partial charge is 0.341 e. The molecule has 92 valence electrons. The van der Waals surface area contributed by atoms with Gasteiger partial charge in [-0.05, 0) is 25.5 Å². The van der Waals surface area contributed by atoms with E-state index in [9.17, 15) is 4.79 Å². The summed E-state index contributed by atoms with van der Waals surface area (Å²) < 4.78 is 5.02. The van der Waals surface area contributed by atoms with Crippen LogP contribution in [0.2, 0.25) is 0 Å². The molecule has 1 atom stereocenters. The second-order valence-corrected chi connectivity index (χ2v) is 4.09. The van der Waals surface area contributed by atoms with Crippen molar-refractivity contribution in [2.24, 2.45) is 5.73 Å². The van der Waals surface area contributed by atoms with Crippen LogP contribution >= 0.6 is 0 Å². The highest BCUT2D eigenvalue weighted by Crippen LogP contribution is 2.22. The predicted molar refractivity (Wildman–Crippen MR) is 65.0 cm³/mol. The first-order valence-corrected chi connectivity index (χ1v) is 5.85. The van der Waals surface area contributed by atoms with Crippen LogP contribution in [0.4, 0.5) is 5.82 Å². The van der Waals surface area contributed by atoms with Crippen LogP contribution in [0, 0.1) is 0 Å². The van der Waals surface area contributed by atoms with Crippen molar-refractivity contribution in [2.45, 2.75) is 19.4 Å². The second kappa shape index (κ2) is 5.14. The van der Waals surface area contributed by atoms with E-state index in [0.29, 0.717) is 18.0 Å². The number of anilines is 1. The van der Waals surface area contributed by atoms with Gasteiger partial charge in [-0.1, -0.05) is 0 Å². The highest BCUT2D eigenvalue weighted by molar-refractivity contribution is 5.94. The number of carbonyl (C=O) groups excluding carboxylic acids is 1. The maximum Gasteiger partial charge on any atom is 0.341 e. The van der Waals surface area contributed by atoms with Crippen molar-refractivity contribution in [3.63, 3.8) is 0 Å². The SMILES string of the molecule is CCOC(=O)c1cccnc1N1CCC(N)C1. The average Bonchev–Trinajstić information content (AvgIpc) is 2.76. The first-order valence-electron chi connectivity index (χ1n) is 5.85. The number of hydrogen-bond acceptors (Lipinski definition) is 5. The number of nitrogens with two attached hydrogens (primary N) is 1. The number of hydrogen-bond donors (Lipinski definition) is 1. The quantitative estimate of drug-likeness (QED) is 0.785. The third kappa shape index (κ3) is 2.55. The topological polar surface area (TPSA) is 68.5 Å². The van der Waals surface area contributed by atoms with Crippen LogP contribution in [0.1, 0.15) is 23.7 Å². The van der Waals surface area contributed by atoms with Gasteiger partial charge in [-0.2, -0.15) is 0 Å². The summed E-state index contributed by atoms with van der Waals surface area (Å²) in [5.74, 6) is 0.356. The molecule has 1 saturated heterocycles. The molecule has 0 radical (unpaired) electrons. The van der Waals surface area contributed by atoms with E-state index in [2.05, 4.69) is 4.98 Å². The number of carbonyl (C=O) groups is 1. The molecule has 0 amide bonds. The van der Waals surface area contributed by atoms with E-state index < -0.39 is 0 Å². The van der Waals surface area contributed by atoms with Crippen LogP contribution in [0.25, 0.3) is 0 Å². The minimum atomic E-state index is -0.323. The summed E-state index contributed by atoms with van der Waals surface area (Å²) in [6.45, 7) is 3.74. The zero-order valence-electron chi connectivity index (χ0n) is 9.93. The minimum Gasteiger partial charge on any atom is -0.462 e. The Morgan fingerprint density at radius 1 is 1.71 bits per heavy atom. The Morgan fingerprint density at radius 2 is 2.53 bits per heavy atom. The summed E-state index contributed by atoms with van der Waals surface area (Å²) in [6.07, 6.45) is 2.61. The molecule has 1 fully saturated rings. The Balaban J connectivity index is 2.24. The van der Waals surface area contributed by atoms with E-state index >= 15 is 0 Å². The largest absolute Gasteiger partial charge is 0.462 e. The fourth-order valence-electron chi connectivity index (χ4n) is 2.00. The molecule has 5 heteroatoms. The molecule has 1 aromatic heterocycles. The van der Waals surface area contributed by atoms with E-state index in [1.54, 1.807) is 25.3 Å². The maximum absolute atomic E-state index is 11.8. The van der Waals surface area contributed by atoms with Gasteiger partial charge in [0.2, 0.25) is 0 Å². The van der Waals surface area contributed by atoms with Crippen molar-refractivity contribution in [2.75, 3.05) is 24.6 Å². The molecule has 2 rings (SSSR count). The molecule has 0 saturated carbocycles. The van der Waals surface area contributed by atoms with Crippen LogP contribution in [-0.2, 0) is 4.74 Å². The van der Waals surface area contributed by atoms with Crippen molar-refractivity contribution >= 4 is 11.8 Å². The maximum atomic E-state index is 11.8. The summed E-state index contributed by atoms with van der Waals surface area (Å²) in [5, 5.41) is 0. The van der Waals surface area contributed by atoms with E-state index in [1.165, 1.54) is 0 Å². The van der Waals surface area contributed by atoms with Crippen molar-refractivity contribution in [3.05, 3.63) is 23.9 Å². The van der Waals surface area contributed by atoms with E-state index in [0.717, 1.165) is 19.5 Å². The Morgan fingerprint density at radius 3 is 3.18 bits per heavy atom. The summed E-state index contributed by atoms with van der Waals surface area (Å²) in [7, 11) is 0. The lowest BCUT2D eigenvalue weighted by Crippen LogP contribution is -2.28. The van der Waals surface area contributed by atoms with Gasteiger partial charge in [0, 0.05) is 25.3 Å². The standard InChI is InChI=1S/C12H17N3O2/c1-2-17-12(16)10-4-3-6-14-11(10)15-7-5-9(13)8-15/h3-4,6,9H,2,5,7-8,13H2,1H3. The first-order chi connectivity index (χ1) is 8.22. The van der Waals surface area contributed by atoms with Gasteiger partial charge in [0.25, 0.3) is 0 Å². The van der Waals surface area contributed by atoms with Crippen molar-refractivity contribution in [3.8, 4) is 0 Å². The zero-order chi connectivity index (χ0) is 12.3. The minimum absolute atomic E-state index is 0.159. The Hall–Kier alpha value is -1.62. The molecule has 2 N–H and O–H groups in total. The van der Waals surface area contributed by atoms with E-state index in [1.807, 2.05) is 4.90 Å². The molecule has 1 unspecified atom stereocenters. The zero-order valence-corrected chi connectivity index (χ0v) is 9.93. The molecular weight excluding hydrogens is 218 g/mol. The lowest BCUT2D eigenvalue weighted by Gasteiger charge is -2.19. The van der Waals surface area contributed by atoms with Crippen LogP contribution in [0.3, 0.4) is 0 Å². The second-order valence-electron chi connectivity index (χ2n) is 4.09. The van der Waals surface area contributed by atoms with Gasteiger partial charge in [-0.15, -0.1) is 0 Å². The van der Waals surface area contributed by atoms with Crippen LogP contribution < -0.4 is 10.6 Å². The van der Waals surface area contributed by atoms with Crippen molar-refractivity contribution in [1.29, 1.82) is 0 Å². The summed E-state index contributed by atoms with van der Waals surface area (Å²) in [6, 6.07) is 3.64. The van der Waals surface area contributed by atoms with Crippen molar-refractivity contribution < 1.29 is 9.53 Å². The molecule has 1 aliphatic rings. The van der Waals surface area contributed by atoms with Gasteiger partial charge in [-0.3, -0.25) is 0 Å². The normalized spacial score (nSPS) is 19.4. The molecule has 0 bridgehead atoms. The number of pyridine rings is 1. The Bertz CT molecular complexity index is 408. The van der Waals surface area contributed by atoms with Crippen LogP contribution in [0.15, 0.2) is 18.3 Å². The first kappa shape index (κ1) is 11.9. The van der Waals surface area contributed by atoms with Gasteiger partial charge in [-0.25, -0.2) is 9.78 Å². The van der Waals surface area contributed by atoms with Crippen molar-refractivity contribution in [1.82, 2.24) is 4.98 Å². The molecule has 17 heavy (non-hydrogen) atoms. The highest BCUT2D eigenvalue weighted by atomic mass is 16.5. The fourth-order valence-corrected chi connectivity index (χ4v) is 2.00. The molecule has 0 spiro atoms.